The van der Waals surface area contributed by atoms with Gasteiger partial charge in [0.2, 0.25) is 0 Å². The van der Waals surface area contributed by atoms with Crippen LogP contribution in [-0.4, -0.2) is 62.2 Å². The summed E-state index contributed by atoms with van der Waals surface area (Å²) >= 11 is 0. The Kier molecular flexibility index (Phi) is 6.49. The van der Waals surface area contributed by atoms with Gasteiger partial charge in [0, 0.05) is 19.1 Å². The third-order valence-electron chi connectivity index (χ3n) is 5.60. The molecule has 1 aromatic carbocycles. The molecule has 1 aliphatic heterocycles. The Labute approximate surface area is 142 Å². The van der Waals surface area contributed by atoms with E-state index in [0.29, 0.717) is 0 Å². The Morgan fingerprint density at radius 1 is 1.04 bits per heavy atom. The van der Waals surface area contributed by atoms with Gasteiger partial charge in [0.25, 0.3) is 0 Å². The summed E-state index contributed by atoms with van der Waals surface area (Å²) in [4.78, 5) is 5.10. The van der Waals surface area contributed by atoms with Crippen LogP contribution in [0.15, 0.2) is 30.3 Å². The minimum atomic E-state index is 0.732. The topological polar surface area (TPSA) is 18.5 Å². The average Bonchev–Trinajstić information content (AvgIpc) is 2.96. The van der Waals surface area contributed by atoms with Crippen molar-refractivity contribution in [1.82, 2.24) is 15.1 Å². The minimum Gasteiger partial charge on any atom is -0.314 e. The first kappa shape index (κ1) is 16.9. The van der Waals surface area contributed by atoms with E-state index >= 15 is 0 Å². The molecule has 0 unspecified atom stereocenters. The lowest BCUT2D eigenvalue weighted by Crippen LogP contribution is -2.33. The fourth-order valence-corrected chi connectivity index (χ4v) is 4.13. The monoisotopic (exact) mass is 315 g/mol. The van der Waals surface area contributed by atoms with Crippen LogP contribution < -0.4 is 5.32 Å². The first-order valence-electron chi connectivity index (χ1n) is 9.50. The van der Waals surface area contributed by atoms with Crippen molar-refractivity contribution < 1.29 is 0 Å². The smallest absolute Gasteiger partial charge is 0.0109 e. The second-order valence-electron chi connectivity index (χ2n) is 7.42. The van der Waals surface area contributed by atoms with E-state index in [1.807, 2.05) is 0 Å². The summed E-state index contributed by atoms with van der Waals surface area (Å²) in [6, 6.07) is 11.8. The van der Waals surface area contributed by atoms with Gasteiger partial charge in [-0.3, -0.25) is 0 Å². The molecule has 2 atom stereocenters. The highest BCUT2D eigenvalue weighted by Gasteiger charge is 2.25. The van der Waals surface area contributed by atoms with E-state index < -0.39 is 0 Å². The van der Waals surface area contributed by atoms with Crippen LogP contribution in [0.25, 0.3) is 0 Å². The number of nitrogens with one attached hydrogen (secondary N) is 1. The molecule has 1 aromatic rings. The van der Waals surface area contributed by atoms with Crippen LogP contribution in [0.3, 0.4) is 0 Å². The SMILES string of the molecule is CN1CCCN(CCCN[C@@H]2CC[C@H](c3ccccc3)C2)CC1. The molecule has 0 bridgehead atoms. The van der Waals surface area contributed by atoms with Crippen LogP contribution in [0.1, 0.15) is 43.6 Å². The van der Waals surface area contributed by atoms with Crippen molar-refractivity contribution in [2.45, 2.75) is 44.1 Å². The Balaban J connectivity index is 1.31. The first-order valence-corrected chi connectivity index (χ1v) is 9.50. The van der Waals surface area contributed by atoms with Gasteiger partial charge in [-0.2, -0.15) is 0 Å². The predicted octanol–water partition coefficient (Wildman–Crippen LogP) is 2.94. The summed E-state index contributed by atoms with van der Waals surface area (Å²) in [5.74, 6) is 0.773. The summed E-state index contributed by atoms with van der Waals surface area (Å²) in [5.41, 5.74) is 1.53. The van der Waals surface area contributed by atoms with E-state index in [2.05, 4.69) is 52.5 Å². The van der Waals surface area contributed by atoms with E-state index in [-0.39, 0.29) is 0 Å². The highest BCUT2D eigenvalue weighted by molar-refractivity contribution is 5.20. The fourth-order valence-electron chi connectivity index (χ4n) is 4.13. The Morgan fingerprint density at radius 3 is 2.78 bits per heavy atom. The molecule has 3 nitrogen and oxygen atoms in total. The van der Waals surface area contributed by atoms with Crippen molar-refractivity contribution in [3.63, 3.8) is 0 Å². The van der Waals surface area contributed by atoms with Crippen LogP contribution >= 0.6 is 0 Å². The lowest BCUT2D eigenvalue weighted by molar-refractivity contribution is 0.271. The number of likely N-dealkylation sites (N-methyl/N-ethyl adjacent to an activating group) is 1. The van der Waals surface area contributed by atoms with Crippen molar-refractivity contribution in [2.24, 2.45) is 0 Å². The highest BCUT2D eigenvalue weighted by Crippen LogP contribution is 2.34. The largest absolute Gasteiger partial charge is 0.314 e. The molecule has 1 saturated heterocycles. The lowest BCUT2D eigenvalue weighted by Gasteiger charge is -2.21. The zero-order valence-corrected chi connectivity index (χ0v) is 14.7. The molecule has 1 saturated carbocycles. The summed E-state index contributed by atoms with van der Waals surface area (Å²) in [6.07, 6.45) is 6.62. The van der Waals surface area contributed by atoms with E-state index in [0.717, 1.165) is 12.0 Å². The van der Waals surface area contributed by atoms with Gasteiger partial charge in [-0.1, -0.05) is 30.3 Å². The molecule has 0 radical (unpaired) electrons. The minimum absolute atomic E-state index is 0.732. The van der Waals surface area contributed by atoms with Gasteiger partial charge in [0.1, 0.15) is 0 Å². The molecule has 1 N–H and O–H groups in total. The van der Waals surface area contributed by atoms with Gasteiger partial charge in [-0.25, -0.2) is 0 Å². The summed E-state index contributed by atoms with van der Waals surface area (Å²) in [6.45, 7) is 7.46. The standard InChI is InChI=1S/C20H33N3/c1-22-12-6-14-23(16-15-22)13-5-11-21-20-10-9-19(17-20)18-7-3-2-4-8-18/h2-4,7-8,19-21H,5-6,9-17H2,1H3/t19-,20+/m0/s1. The summed E-state index contributed by atoms with van der Waals surface area (Å²) in [5, 5.41) is 3.81. The number of nitrogens with zero attached hydrogens (tertiary/aromatic N) is 2. The van der Waals surface area contributed by atoms with Gasteiger partial charge in [-0.15, -0.1) is 0 Å². The predicted molar refractivity (Wildman–Crippen MR) is 98.0 cm³/mol. The van der Waals surface area contributed by atoms with Crippen molar-refractivity contribution in [2.75, 3.05) is 46.3 Å². The van der Waals surface area contributed by atoms with Crippen LogP contribution in [0.5, 0.6) is 0 Å². The number of rotatable bonds is 6. The maximum atomic E-state index is 3.81. The molecule has 2 fully saturated rings. The van der Waals surface area contributed by atoms with Crippen molar-refractivity contribution in [3.8, 4) is 0 Å². The molecule has 3 rings (SSSR count). The van der Waals surface area contributed by atoms with Gasteiger partial charge in [0.15, 0.2) is 0 Å². The zero-order chi connectivity index (χ0) is 15.9. The second kappa shape index (κ2) is 8.81. The Hall–Kier alpha value is -0.900. The number of benzene rings is 1. The maximum Gasteiger partial charge on any atom is 0.0109 e. The lowest BCUT2D eigenvalue weighted by atomic mass is 9.98. The van der Waals surface area contributed by atoms with Gasteiger partial charge >= 0.3 is 0 Å². The molecular weight excluding hydrogens is 282 g/mol. The maximum absolute atomic E-state index is 3.81. The van der Waals surface area contributed by atoms with Crippen molar-refractivity contribution in [3.05, 3.63) is 35.9 Å². The van der Waals surface area contributed by atoms with Crippen LogP contribution in [-0.2, 0) is 0 Å². The summed E-state index contributed by atoms with van der Waals surface area (Å²) < 4.78 is 0. The van der Waals surface area contributed by atoms with Crippen LogP contribution in [0.4, 0.5) is 0 Å². The number of hydrogen-bond acceptors (Lipinski definition) is 3. The zero-order valence-electron chi connectivity index (χ0n) is 14.7. The molecule has 0 spiro atoms. The molecular formula is C20H33N3. The van der Waals surface area contributed by atoms with Crippen molar-refractivity contribution in [1.29, 1.82) is 0 Å². The molecule has 128 valence electrons. The van der Waals surface area contributed by atoms with Gasteiger partial charge < -0.3 is 15.1 Å². The van der Waals surface area contributed by atoms with Crippen molar-refractivity contribution >= 4 is 0 Å². The highest BCUT2D eigenvalue weighted by atomic mass is 15.2. The quantitative estimate of drug-likeness (QED) is 0.814. The number of hydrogen-bond donors (Lipinski definition) is 1. The Bertz CT molecular complexity index is 447. The molecule has 3 heteroatoms. The molecule has 0 aromatic heterocycles. The normalized spacial score (nSPS) is 27.2. The van der Waals surface area contributed by atoms with Gasteiger partial charge in [0.05, 0.1) is 0 Å². The fraction of sp³-hybridized carbons (Fsp3) is 0.700. The molecule has 1 aliphatic carbocycles. The van der Waals surface area contributed by atoms with Gasteiger partial charge in [-0.05, 0) is 76.8 Å². The summed E-state index contributed by atoms with van der Waals surface area (Å²) in [7, 11) is 2.24. The Morgan fingerprint density at radius 2 is 1.91 bits per heavy atom. The third kappa shape index (κ3) is 5.30. The van der Waals surface area contributed by atoms with E-state index in [4.69, 9.17) is 0 Å². The third-order valence-corrected chi connectivity index (χ3v) is 5.60. The van der Waals surface area contributed by atoms with E-state index in [9.17, 15) is 0 Å². The molecule has 2 aliphatic rings. The van der Waals surface area contributed by atoms with E-state index in [1.54, 1.807) is 0 Å². The van der Waals surface area contributed by atoms with Crippen LogP contribution in [0.2, 0.25) is 0 Å². The first-order chi connectivity index (χ1) is 11.3. The molecule has 1 heterocycles. The average molecular weight is 316 g/mol. The molecule has 0 amide bonds. The van der Waals surface area contributed by atoms with E-state index in [1.165, 1.54) is 76.9 Å². The molecule has 23 heavy (non-hydrogen) atoms. The van der Waals surface area contributed by atoms with Crippen LogP contribution in [0, 0.1) is 0 Å². The second-order valence-corrected chi connectivity index (χ2v) is 7.42.